The van der Waals surface area contributed by atoms with Gasteiger partial charge in [0.15, 0.2) is 0 Å². The van der Waals surface area contributed by atoms with E-state index in [1.165, 1.54) is 0 Å². The number of nitrogens with zero attached hydrogens (tertiary/aromatic N) is 3. The van der Waals surface area contributed by atoms with Gasteiger partial charge < -0.3 is 35.6 Å². The van der Waals surface area contributed by atoms with Crippen molar-refractivity contribution in [3.63, 3.8) is 0 Å². The lowest BCUT2D eigenvalue weighted by atomic mass is 9.90. The number of methoxy groups -OCH3 is 2. The minimum Gasteiger partial charge on any atom is -0.379 e. The molecule has 8 atom stereocenters. The SMILES string of the molecule is CCC(C)C(C(CC(=O)N1CCCC1C(OC)C(C)C(=O)NC(C)CN)OC)N(C)C(=O)CNC(=O)C(C(C)C)N(C)C. The van der Waals surface area contributed by atoms with E-state index in [9.17, 15) is 19.2 Å². The van der Waals surface area contributed by atoms with Crippen LogP contribution in [0, 0.1) is 17.8 Å². The van der Waals surface area contributed by atoms with E-state index >= 15 is 0 Å². The summed E-state index contributed by atoms with van der Waals surface area (Å²) in [5.41, 5.74) is 5.68. The quantitative estimate of drug-likeness (QED) is 0.208. The zero-order valence-corrected chi connectivity index (χ0v) is 28.5. The van der Waals surface area contributed by atoms with E-state index in [0.29, 0.717) is 13.1 Å². The minimum atomic E-state index is -0.564. The third-order valence-electron chi connectivity index (χ3n) is 8.92. The summed E-state index contributed by atoms with van der Waals surface area (Å²) in [6.07, 6.45) is 1.33. The van der Waals surface area contributed by atoms with Crippen molar-refractivity contribution < 1.29 is 28.7 Å². The summed E-state index contributed by atoms with van der Waals surface area (Å²) in [6.45, 7) is 12.4. The Morgan fingerprint density at radius 2 is 1.63 bits per heavy atom. The zero-order valence-electron chi connectivity index (χ0n) is 28.5. The number of amides is 4. The normalized spacial score (nSPS) is 20.2. The van der Waals surface area contributed by atoms with Crippen molar-refractivity contribution in [3.8, 4) is 0 Å². The topological polar surface area (TPSA) is 147 Å². The molecule has 0 aromatic carbocycles. The molecule has 1 rings (SSSR count). The highest BCUT2D eigenvalue weighted by Gasteiger charge is 2.42. The fourth-order valence-electron chi connectivity index (χ4n) is 6.28. The summed E-state index contributed by atoms with van der Waals surface area (Å²) in [6, 6.07) is -1.16. The molecule has 0 aromatic rings. The molecule has 4 amide bonds. The van der Waals surface area contributed by atoms with Crippen molar-refractivity contribution in [2.75, 3.05) is 55.0 Å². The van der Waals surface area contributed by atoms with Crippen LogP contribution in [0.5, 0.6) is 0 Å². The van der Waals surface area contributed by atoms with Crippen LogP contribution >= 0.6 is 0 Å². The molecule has 43 heavy (non-hydrogen) atoms. The molecule has 0 spiro atoms. The van der Waals surface area contributed by atoms with Gasteiger partial charge in [-0.1, -0.05) is 41.0 Å². The Balaban J connectivity index is 3.07. The summed E-state index contributed by atoms with van der Waals surface area (Å²) in [5.74, 6) is -1.08. The fourth-order valence-corrected chi connectivity index (χ4v) is 6.28. The third kappa shape index (κ3) is 10.7. The largest absolute Gasteiger partial charge is 0.379 e. The molecule has 1 heterocycles. The first-order valence-corrected chi connectivity index (χ1v) is 15.7. The number of rotatable bonds is 18. The number of nitrogens with one attached hydrogen (secondary N) is 2. The van der Waals surface area contributed by atoms with Crippen molar-refractivity contribution in [1.29, 1.82) is 0 Å². The van der Waals surface area contributed by atoms with E-state index in [1.807, 2.05) is 60.5 Å². The smallest absolute Gasteiger partial charge is 0.242 e. The molecule has 4 N–H and O–H groups in total. The molecule has 8 unspecified atom stereocenters. The average Bonchev–Trinajstić information content (AvgIpc) is 3.44. The van der Waals surface area contributed by atoms with Gasteiger partial charge in [-0.15, -0.1) is 0 Å². The number of carbonyl (C=O) groups excluding carboxylic acids is 4. The van der Waals surface area contributed by atoms with E-state index < -0.39 is 18.1 Å². The van der Waals surface area contributed by atoms with Crippen molar-refractivity contribution >= 4 is 23.6 Å². The Kier molecular flexibility index (Phi) is 16.7. The van der Waals surface area contributed by atoms with Gasteiger partial charge in [-0.3, -0.25) is 24.1 Å². The molecular weight excluding hydrogens is 552 g/mol. The molecule has 12 heteroatoms. The lowest BCUT2D eigenvalue weighted by molar-refractivity contribution is -0.146. The van der Waals surface area contributed by atoms with Gasteiger partial charge in [0.1, 0.15) is 0 Å². The maximum absolute atomic E-state index is 13.8. The number of ether oxygens (including phenoxy) is 2. The third-order valence-corrected chi connectivity index (χ3v) is 8.92. The highest BCUT2D eigenvalue weighted by molar-refractivity contribution is 5.87. The van der Waals surface area contributed by atoms with E-state index in [0.717, 1.165) is 19.3 Å². The van der Waals surface area contributed by atoms with Crippen LogP contribution in [-0.4, -0.2) is 130 Å². The first kappa shape index (κ1) is 38.7. The predicted molar refractivity (Wildman–Crippen MR) is 168 cm³/mol. The Morgan fingerprint density at radius 1 is 1.00 bits per heavy atom. The van der Waals surface area contributed by atoms with Crippen LogP contribution in [0.2, 0.25) is 0 Å². The molecule has 1 aliphatic heterocycles. The van der Waals surface area contributed by atoms with Gasteiger partial charge in [-0.2, -0.15) is 0 Å². The Hall–Kier alpha value is -2.28. The molecule has 1 aliphatic rings. The predicted octanol–water partition coefficient (Wildman–Crippen LogP) is 1.07. The second-order valence-corrected chi connectivity index (χ2v) is 12.7. The molecule has 12 nitrogen and oxygen atoms in total. The molecule has 0 aromatic heterocycles. The van der Waals surface area contributed by atoms with E-state index in [-0.39, 0.29) is 72.6 Å². The Labute approximate surface area is 259 Å². The molecule has 250 valence electrons. The van der Waals surface area contributed by atoms with Gasteiger partial charge in [0.2, 0.25) is 23.6 Å². The molecule has 0 radical (unpaired) electrons. The van der Waals surface area contributed by atoms with Crippen LogP contribution in [0.1, 0.15) is 67.2 Å². The average molecular weight is 613 g/mol. The van der Waals surface area contributed by atoms with Crippen LogP contribution in [0.15, 0.2) is 0 Å². The summed E-state index contributed by atoms with van der Waals surface area (Å²) < 4.78 is 11.7. The van der Waals surface area contributed by atoms with Gasteiger partial charge in [-0.05, 0) is 45.7 Å². The summed E-state index contributed by atoms with van der Waals surface area (Å²) >= 11 is 0. The first-order chi connectivity index (χ1) is 20.2. The zero-order chi connectivity index (χ0) is 33.0. The number of likely N-dealkylation sites (N-methyl/N-ethyl adjacent to an activating group) is 2. The number of likely N-dealkylation sites (tertiary alicyclic amines) is 1. The second kappa shape index (κ2) is 18.5. The summed E-state index contributed by atoms with van der Waals surface area (Å²) in [5, 5.41) is 5.71. The maximum Gasteiger partial charge on any atom is 0.242 e. The van der Waals surface area contributed by atoms with Crippen molar-refractivity contribution in [2.45, 2.75) is 104 Å². The van der Waals surface area contributed by atoms with E-state index in [1.54, 1.807) is 31.1 Å². The second-order valence-electron chi connectivity index (χ2n) is 12.7. The monoisotopic (exact) mass is 612 g/mol. The molecule has 1 fully saturated rings. The van der Waals surface area contributed by atoms with Gasteiger partial charge in [0.05, 0.1) is 49.2 Å². The maximum atomic E-state index is 13.8. The lowest BCUT2D eigenvalue weighted by Crippen LogP contribution is -2.55. The van der Waals surface area contributed by atoms with Crippen LogP contribution in [-0.2, 0) is 28.7 Å². The fraction of sp³-hybridized carbons (Fsp3) is 0.871. The van der Waals surface area contributed by atoms with Crippen LogP contribution in [0.3, 0.4) is 0 Å². The van der Waals surface area contributed by atoms with Gasteiger partial charge in [0.25, 0.3) is 0 Å². The van der Waals surface area contributed by atoms with Gasteiger partial charge in [0, 0.05) is 40.4 Å². The number of nitrogens with two attached hydrogens (primary N) is 1. The minimum absolute atomic E-state index is 0.0296. The molecule has 0 saturated carbocycles. The molecule has 0 bridgehead atoms. The number of hydrogen-bond donors (Lipinski definition) is 3. The lowest BCUT2D eigenvalue weighted by Gasteiger charge is -2.39. The van der Waals surface area contributed by atoms with Crippen molar-refractivity contribution in [1.82, 2.24) is 25.3 Å². The number of carbonyl (C=O) groups is 4. The molecule has 1 saturated heterocycles. The highest BCUT2D eigenvalue weighted by Crippen LogP contribution is 2.29. The van der Waals surface area contributed by atoms with E-state index in [4.69, 9.17) is 15.2 Å². The summed E-state index contributed by atoms with van der Waals surface area (Å²) in [7, 11) is 8.52. The standard InChI is InChI=1S/C31H60N6O6/c1-12-20(4)28(36(9)26(39)18-33-31(41)27(19(2)3)35(7)8)24(42-10)16-25(38)37-15-13-14-23(37)29(43-11)22(6)30(40)34-21(5)17-32/h19-24,27-29H,12-18,32H2,1-11H3,(H,33,41)(H,34,40). The van der Waals surface area contributed by atoms with Gasteiger partial charge >= 0.3 is 0 Å². The van der Waals surface area contributed by atoms with Crippen molar-refractivity contribution in [2.24, 2.45) is 23.5 Å². The first-order valence-electron chi connectivity index (χ1n) is 15.7. The molecular formula is C31H60N6O6. The Bertz CT molecular complexity index is 894. The van der Waals surface area contributed by atoms with Crippen LogP contribution in [0.25, 0.3) is 0 Å². The van der Waals surface area contributed by atoms with Gasteiger partial charge in [-0.25, -0.2) is 0 Å². The van der Waals surface area contributed by atoms with Crippen LogP contribution < -0.4 is 16.4 Å². The number of hydrogen-bond acceptors (Lipinski definition) is 8. The van der Waals surface area contributed by atoms with Crippen LogP contribution in [0.4, 0.5) is 0 Å². The highest BCUT2D eigenvalue weighted by atomic mass is 16.5. The molecule has 0 aliphatic carbocycles. The van der Waals surface area contributed by atoms with E-state index in [2.05, 4.69) is 10.6 Å². The Morgan fingerprint density at radius 3 is 2.12 bits per heavy atom. The van der Waals surface area contributed by atoms with Crippen molar-refractivity contribution in [3.05, 3.63) is 0 Å². The summed E-state index contributed by atoms with van der Waals surface area (Å²) in [4.78, 5) is 58.1.